The molecule has 0 unspecified atom stereocenters. The van der Waals surface area contributed by atoms with Crippen molar-refractivity contribution in [2.24, 2.45) is 5.92 Å². The summed E-state index contributed by atoms with van der Waals surface area (Å²) >= 11 is 1.96. The summed E-state index contributed by atoms with van der Waals surface area (Å²) in [5.41, 5.74) is 0.530. The van der Waals surface area contributed by atoms with Crippen LogP contribution in [0.4, 0.5) is 4.39 Å². The molecule has 3 heteroatoms. The normalized spacial score (nSPS) is 17.0. The Kier molecular flexibility index (Phi) is 4.60. The number of hydrogen-bond donors (Lipinski definition) is 0. The Labute approximate surface area is 106 Å². The summed E-state index contributed by atoms with van der Waals surface area (Å²) in [4.78, 5) is 11.9. The first-order chi connectivity index (χ1) is 8.25. The van der Waals surface area contributed by atoms with Gasteiger partial charge in [0.25, 0.3) is 0 Å². The van der Waals surface area contributed by atoms with Crippen LogP contribution >= 0.6 is 11.8 Å². The van der Waals surface area contributed by atoms with Crippen molar-refractivity contribution < 1.29 is 9.18 Å². The molecule has 1 aliphatic rings. The van der Waals surface area contributed by atoms with Gasteiger partial charge in [-0.1, -0.05) is 18.2 Å². The Bertz CT molecular complexity index is 386. The van der Waals surface area contributed by atoms with Gasteiger partial charge < -0.3 is 0 Å². The number of ketones is 1. The molecule has 0 N–H and O–H groups in total. The molecule has 1 nitrogen and oxygen atoms in total. The molecule has 0 amide bonds. The van der Waals surface area contributed by atoms with Crippen LogP contribution in [0.15, 0.2) is 24.3 Å². The molecular weight excluding hydrogens is 235 g/mol. The molecule has 1 fully saturated rings. The maximum absolute atomic E-state index is 13.4. The zero-order chi connectivity index (χ0) is 12.1. The molecule has 92 valence electrons. The van der Waals surface area contributed by atoms with Gasteiger partial charge in [-0.15, -0.1) is 0 Å². The largest absolute Gasteiger partial charge is 0.299 e. The lowest BCUT2D eigenvalue weighted by molar-refractivity contribution is -0.119. The minimum Gasteiger partial charge on any atom is -0.299 e. The van der Waals surface area contributed by atoms with E-state index in [0.717, 1.165) is 24.3 Å². The van der Waals surface area contributed by atoms with E-state index in [0.29, 0.717) is 17.9 Å². The van der Waals surface area contributed by atoms with E-state index in [2.05, 4.69) is 0 Å². The van der Waals surface area contributed by atoms with Crippen LogP contribution in [0.25, 0.3) is 0 Å². The summed E-state index contributed by atoms with van der Waals surface area (Å²) in [6, 6.07) is 6.55. The van der Waals surface area contributed by atoms with Crippen molar-refractivity contribution in [1.82, 2.24) is 0 Å². The van der Waals surface area contributed by atoms with Gasteiger partial charge in [-0.2, -0.15) is 11.8 Å². The summed E-state index contributed by atoms with van der Waals surface area (Å²) in [7, 11) is 0. The van der Waals surface area contributed by atoms with E-state index < -0.39 is 0 Å². The second-order valence-corrected chi connectivity index (χ2v) is 5.79. The van der Waals surface area contributed by atoms with Crippen LogP contribution in [0.2, 0.25) is 0 Å². The van der Waals surface area contributed by atoms with E-state index in [1.165, 1.54) is 6.07 Å². The van der Waals surface area contributed by atoms with Crippen molar-refractivity contribution in [2.45, 2.75) is 25.7 Å². The minimum atomic E-state index is -0.264. The molecule has 0 aliphatic carbocycles. The average Bonchev–Trinajstić information content (AvgIpc) is 2.33. The fourth-order valence-electron chi connectivity index (χ4n) is 2.20. The number of rotatable bonds is 4. The van der Waals surface area contributed by atoms with Crippen molar-refractivity contribution in [1.29, 1.82) is 0 Å². The predicted octanol–water partition coefficient (Wildman–Crippen LogP) is 3.47. The summed E-state index contributed by atoms with van der Waals surface area (Å²) in [5.74, 6) is 2.76. The Morgan fingerprint density at radius 3 is 2.71 bits per heavy atom. The molecule has 1 heterocycles. The molecule has 0 radical (unpaired) electrons. The van der Waals surface area contributed by atoms with Crippen molar-refractivity contribution >= 4 is 17.5 Å². The first kappa shape index (κ1) is 12.6. The minimum absolute atomic E-state index is 0.173. The van der Waals surface area contributed by atoms with E-state index in [-0.39, 0.29) is 18.0 Å². The van der Waals surface area contributed by atoms with Gasteiger partial charge >= 0.3 is 0 Å². The SMILES string of the molecule is O=C(Cc1ccccc1F)CC1CCSCC1. The van der Waals surface area contributed by atoms with Crippen molar-refractivity contribution in [3.63, 3.8) is 0 Å². The molecule has 1 aliphatic heterocycles. The zero-order valence-corrected chi connectivity index (χ0v) is 10.6. The summed E-state index contributed by atoms with van der Waals surface area (Å²) in [6.07, 6.45) is 3.13. The molecule has 0 spiro atoms. The number of Topliss-reactive ketones (excluding diaryl/α,β-unsaturated/α-hetero) is 1. The van der Waals surface area contributed by atoms with Gasteiger partial charge in [0.2, 0.25) is 0 Å². The van der Waals surface area contributed by atoms with Crippen LogP contribution in [0.1, 0.15) is 24.8 Å². The Morgan fingerprint density at radius 2 is 2.00 bits per heavy atom. The molecule has 1 aromatic carbocycles. The molecule has 1 aromatic rings. The Balaban J connectivity index is 1.86. The second-order valence-electron chi connectivity index (χ2n) is 4.57. The van der Waals surface area contributed by atoms with Gasteiger partial charge in [0.1, 0.15) is 11.6 Å². The fraction of sp³-hybridized carbons (Fsp3) is 0.500. The van der Waals surface area contributed by atoms with Gasteiger partial charge in [-0.25, -0.2) is 4.39 Å². The summed E-state index contributed by atoms with van der Waals surface area (Å²) in [6.45, 7) is 0. The monoisotopic (exact) mass is 252 g/mol. The fourth-order valence-corrected chi connectivity index (χ4v) is 3.40. The van der Waals surface area contributed by atoms with Gasteiger partial charge in [0, 0.05) is 12.8 Å². The maximum atomic E-state index is 13.4. The Morgan fingerprint density at radius 1 is 1.29 bits per heavy atom. The van der Waals surface area contributed by atoms with E-state index >= 15 is 0 Å². The van der Waals surface area contributed by atoms with E-state index in [9.17, 15) is 9.18 Å². The van der Waals surface area contributed by atoms with Crippen LogP contribution in [0, 0.1) is 11.7 Å². The van der Waals surface area contributed by atoms with E-state index in [1.54, 1.807) is 18.2 Å². The smallest absolute Gasteiger partial charge is 0.137 e. The third kappa shape index (κ3) is 3.84. The quantitative estimate of drug-likeness (QED) is 0.816. The highest BCUT2D eigenvalue weighted by Crippen LogP contribution is 2.26. The van der Waals surface area contributed by atoms with Crippen molar-refractivity contribution in [2.75, 3.05) is 11.5 Å². The summed E-state index contributed by atoms with van der Waals surface area (Å²) in [5, 5.41) is 0. The molecule has 17 heavy (non-hydrogen) atoms. The van der Waals surface area contributed by atoms with E-state index in [4.69, 9.17) is 0 Å². The second kappa shape index (κ2) is 6.20. The lowest BCUT2D eigenvalue weighted by atomic mass is 9.94. The average molecular weight is 252 g/mol. The number of benzene rings is 1. The van der Waals surface area contributed by atoms with Crippen molar-refractivity contribution in [3.05, 3.63) is 35.6 Å². The summed E-state index contributed by atoms with van der Waals surface area (Å²) < 4.78 is 13.4. The Hall–Kier alpha value is -0.830. The number of carbonyl (C=O) groups excluding carboxylic acids is 1. The predicted molar refractivity (Wildman–Crippen MR) is 69.8 cm³/mol. The number of halogens is 1. The maximum Gasteiger partial charge on any atom is 0.137 e. The third-order valence-corrected chi connectivity index (χ3v) is 4.25. The first-order valence-corrected chi connectivity index (χ1v) is 7.24. The molecule has 2 rings (SSSR count). The van der Waals surface area contributed by atoms with Crippen LogP contribution in [0.5, 0.6) is 0 Å². The highest BCUT2D eigenvalue weighted by molar-refractivity contribution is 7.99. The molecule has 0 atom stereocenters. The lowest BCUT2D eigenvalue weighted by Gasteiger charge is -2.20. The van der Waals surface area contributed by atoms with Gasteiger partial charge in [-0.05, 0) is 41.9 Å². The van der Waals surface area contributed by atoms with E-state index in [1.807, 2.05) is 11.8 Å². The van der Waals surface area contributed by atoms with Gasteiger partial charge in [0.05, 0.1) is 0 Å². The first-order valence-electron chi connectivity index (χ1n) is 6.08. The van der Waals surface area contributed by atoms with Crippen LogP contribution in [-0.4, -0.2) is 17.3 Å². The van der Waals surface area contributed by atoms with Crippen LogP contribution < -0.4 is 0 Å². The third-order valence-electron chi connectivity index (χ3n) is 3.20. The van der Waals surface area contributed by atoms with Gasteiger partial charge in [-0.3, -0.25) is 4.79 Å². The topological polar surface area (TPSA) is 17.1 Å². The number of thioether (sulfide) groups is 1. The molecular formula is C14H17FOS. The number of hydrogen-bond acceptors (Lipinski definition) is 2. The van der Waals surface area contributed by atoms with Crippen LogP contribution in [-0.2, 0) is 11.2 Å². The molecule has 1 saturated heterocycles. The molecule has 0 aromatic heterocycles. The zero-order valence-electron chi connectivity index (χ0n) is 9.82. The van der Waals surface area contributed by atoms with Crippen LogP contribution in [0.3, 0.4) is 0 Å². The molecule has 0 saturated carbocycles. The number of carbonyl (C=O) groups is 1. The lowest BCUT2D eigenvalue weighted by Crippen LogP contribution is -2.16. The highest BCUT2D eigenvalue weighted by atomic mass is 32.2. The standard InChI is InChI=1S/C14H17FOS/c15-14-4-2-1-3-12(14)10-13(16)9-11-5-7-17-8-6-11/h1-4,11H,5-10H2. The van der Waals surface area contributed by atoms with Crippen molar-refractivity contribution in [3.8, 4) is 0 Å². The molecule has 0 bridgehead atoms. The van der Waals surface area contributed by atoms with Gasteiger partial charge in [0.15, 0.2) is 0 Å². The highest BCUT2D eigenvalue weighted by Gasteiger charge is 2.18.